The molecule has 13 heavy (non-hydrogen) atoms. The van der Waals surface area contributed by atoms with Crippen LogP contribution >= 0.6 is 0 Å². The summed E-state index contributed by atoms with van der Waals surface area (Å²) in [6.07, 6.45) is 11.4. The number of rotatable bonds is 6. The average molecular weight is 181 g/mol. The largest absolute Gasteiger partial charge is 0.250 e. The van der Waals surface area contributed by atoms with E-state index in [2.05, 4.69) is 29.6 Å². The van der Waals surface area contributed by atoms with Crippen molar-refractivity contribution in [1.82, 2.24) is 4.98 Å². The van der Waals surface area contributed by atoms with Gasteiger partial charge in [0.05, 0.1) is 6.54 Å². The zero-order valence-corrected chi connectivity index (χ0v) is 8.79. The Hall–Kier alpha value is -0.790. The second kappa shape index (κ2) is 5.79. The highest BCUT2D eigenvalue weighted by Crippen LogP contribution is 2.10. The number of aromatic nitrogens is 2. The van der Waals surface area contributed by atoms with Crippen LogP contribution in [0.5, 0.6) is 0 Å². The van der Waals surface area contributed by atoms with E-state index in [9.17, 15) is 0 Å². The lowest BCUT2D eigenvalue weighted by Gasteiger charge is -2.06. The third-order valence-electron chi connectivity index (χ3n) is 2.66. The average Bonchev–Trinajstić information content (AvgIpc) is 2.64. The Labute approximate surface area is 81.0 Å². The number of H-pyrrole nitrogens is 1. The molecule has 0 bridgehead atoms. The highest BCUT2D eigenvalue weighted by atomic mass is 15.0. The van der Waals surface area contributed by atoms with Gasteiger partial charge >= 0.3 is 0 Å². The van der Waals surface area contributed by atoms with Crippen LogP contribution in [0, 0.1) is 5.92 Å². The van der Waals surface area contributed by atoms with Crippen molar-refractivity contribution in [3.63, 3.8) is 0 Å². The first-order valence-corrected chi connectivity index (χ1v) is 5.34. The van der Waals surface area contributed by atoms with Gasteiger partial charge in [-0.2, -0.15) is 0 Å². The first-order valence-electron chi connectivity index (χ1n) is 5.34. The third kappa shape index (κ3) is 4.11. The van der Waals surface area contributed by atoms with Gasteiger partial charge in [-0.3, -0.25) is 4.98 Å². The van der Waals surface area contributed by atoms with Gasteiger partial charge in [0.15, 0.2) is 0 Å². The molecule has 0 amide bonds. The van der Waals surface area contributed by atoms with Crippen LogP contribution in [0.2, 0.25) is 0 Å². The van der Waals surface area contributed by atoms with Crippen molar-refractivity contribution in [2.75, 3.05) is 0 Å². The van der Waals surface area contributed by atoms with E-state index in [1.165, 1.54) is 25.7 Å². The van der Waals surface area contributed by atoms with Gasteiger partial charge in [0.1, 0.15) is 12.4 Å². The van der Waals surface area contributed by atoms with Gasteiger partial charge in [-0.05, 0) is 18.8 Å². The molecule has 1 aromatic rings. The van der Waals surface area contributed by atoms with Gasteiger partial charge in [-0.1, -0.05) is 26.7 Å². The van der Waals surface area contributed by atoms with Crippen molar-refractivity contribution in [2.45, 2.75) is 46.1 Å². The first-order chi connectivity index (χ1) is 6.33. The molecule has 0 saturated heterocycles. The van der Waals surface area contributed by atoms with E-state index in [1.54, 1.807) is 0 Å². The lowest BCUT2D eigenvalue weighted by molar-refractivity contribution is -0.696. The summed E-state index contributed by atoms with van der Waals surface area (Å²) in [4.78, 5) is 3.05. The summed E-state index contributed by atoms with van der Waals surface area (Å²) in [7, 11) is 0. The Kier molecular flexibility index (Phi) is 4.58. The summed E-state index contributed by atoms with van der Waals surface area (Å²) < 4.78 is 2.20. The van der Waals surface area contributed by atoms with Crippen LogP contribution in [-0.4, -0.2) is 4.98 Å². The smallest absolute Gasteiger partial charge is 0.241 e. The fraction of sp³-hybridized carbons (Fsp3) is 0.727. The molecule has 0 aliphatic rings. The standard InChI is InChI=1S/C11H20N2/c1-3-11(2)6-4-5-8-13-9-7-12-10-13/h7,9-11H,3-6,8H2,1-2H3/p+1. The molecule has 1 N–H and O–H groups in total. The maximum atomic E-state index is 3.05. The molecule has 0 aliphatic heterocycles. The van der Waals surface area contributed by atoms with E-state index in [-0.39, 0.29) is 0 Å². The Bertz CT molecular complexity index is 204. The number of aromatic amines is 1. The molecular formula is C11H21N2+. The minimum Gasteiger partial charge on any atom is -0.250 e. The van der Waals surface area contributed by atoms with E-state index in [1.807, 2.05) is 12.5 Å². The predicted molar refractivity (Wildman–Crippen MR) is 54.3 cm³/mol. The second-order valence-electron chi connectivity index (χ2n) is 3.86. The van der Waals surface area contributed by atoms with Crippen molar-refractivity contribution in [2.24, 2.45) is 5.92 Å². The fourth-order valence-corrected chi connectivity index (χ4v) is 1.45. The van der Waals surface area contributed by atoms with E-state index in [4.69, 9.17) is 0 Å². The molecule has 0 aromatic carbocycles. The van der Waals surface area contributed by atoms with Crippen molar-refractivity contribution >= 4 is 0 Å². The summed E-state index contributed by atoms with van der Waals surface area (Å²) in [6, 6.07) is 0. The Morgan fingerprint density at radius 2 is 2.23 bits per heavy atom. The van der Waals surface area contributed by atoms with Crippen LogP contribution in [0.3, 0.4) is 0 Å². The zero-order valence-electron chi connectivity index (χ0n) is 8.79. The van der Waals surface area contributed by atoms with Gasteiger partial charge in [-0.15, -0.1) is 0 Å². The van der Waals surface area contributed by atoms with Gasteiger partial charge in [0.2, 0.25) is 6.33 Å². The molecule has 2 nitrogen and oxygen atoms in total. The topological polar surface area (TPSA) is 19.7 Å². The van der Waals surface area contributed by atoms with Crippen molar-refractivity contribution in [3.05, 3.63) is 18.7 Å². The molecule has 1 unspecified atom stereocenters. The molecule has 1 heterocycles. The zero-order chi connectivity index (χ0) is 9.52. The first kappa shape index (κ1) is 10.3. The van der Waals surface area contributed by atoms with Crippen LogP contribution in [0.25, 0.3) is 0 Å². The molecule has 0 saturated carbocycles. The Morgan fingerprint density at radius 3 is 2.85 bits per heavy atom. The normalized spacial score (nSPS) is 13.1. The van der Waals surface area contributed by atoms with Gasteiger partial charge in [0.25, 0.3) is 0 Å². The van der Waals surface area contributed by atoms with Crippen molar-refractivity contribution in [1.29, 1.82) is 0 Å². The van der Waals surface area contributed by atoms with Crippen molar-refractivity contribution < 1.29 is 4.57 Å². The van der Waals surface area contributed by atoms with Crippen LogP contribution < -0.4 is 4.57 Å². The molecule has 0 spiro atoms. The number of hydrogen-bond donors (Lipinski definition) is 1. The molecule has 2 heteroatoms. The number of nitrogens with zero attached hydrogens (tertiary/aromatic N) is 1. The minimum atomic E-state index is 0.899. The molecular weight excluding hydrogens is 160 g/mol. The minimum absolute atomic E-state index is 0.899. The van der Waals surface area contributed by atoms with E-state index in [0.29, 0.717) is 0 Å². The molecule has 1 aromatic heterocycles. The summed E-state index contributed by atoms with van der Waals surface area (Å²) >= 11 is 0. The van der Waals surface area contributed by atoms with E-state index in [0.717, 1.165) is 12.5 Å². The van der Waals surface area contributed by atoms with Gasteiger partial charge in [-0.25, -0.2) is 4.57 Å². The van der Waals surface area contributed by atoms with E-state index >= 15 is 0 Å². The number of imidazole rings is 1. The van der Waals surface area contributed by atoms with Crippen LogP contribution in [0.15, 0.2) is 18.7 Å². The number of unbranched alkanes of at least 4 members (excludes halogenated alkanes) is 1. The van der Waals surface area contributed by atoms with Crippen LogP contribution in [-0.2, 0) is 6.54 Å². The highest BCUT2D eigenvalue weighted by molar-refractivity contribution is 4.56. The lowest BCUT2D eigenvalue weighted by atomic mass is 10.0. The molecule has 74 valence electrons. The molecule has 1 rings (SSSR count). The monoisotopic (exact) mass is 181 g/mol. The van der Waals surface area contributed by atoms with E-state index < -0.39 is 0 Å². The SMILES string of the molecule is CCC(C)CCCC[n+]1cc[nH]c1. The highest BCUT2D eigenvalue weighted by Gasteiger charge is 2.00. The number of aryl methyl sites for hydroxylation is 1. The third-order valence-corrected chi connectivity index (χ3v) is 2.66. The van der Waals surface area contributed by atoms with Crippen molar-refractivity contribution in [3.8, 4) is 0 Å². The Morgan fingerprint density at radius 1 is 1.38 bits per heavy atom. The van der Waals surface area contributed by atoms with Crippen LogP contribution in [0.1, 0.15) is 39.5 Å². The maximum Gasteiger partial charge on any atom is 0.241 e. The summed E-state index contributed by atoms with van der Waals surface area (Å²) in [5.41, 5.74) is 0. The summed E-state index contributed by atoms with van der Waals surface area (Å²) in [6.45, 7) is 5.76. The number of nitrogens with one attached hydrogen (secondary N) is 1. The molecule has 1 atom stereocenters. The van der Waals surface area contributed by atoms with Crippen LogP contribution in [0.4, 0.5) is 0 Å². The second-order valence-corrected chi connectivity index (χ2v) is 3.86. The summed E-state index contributed by atoms with van der Waals surface area (Å²) in [5, 5.41) is 0. The maximum absolute atomic E-state index is 3.05. The molecule has 0 fully saturated rings. The van der Waals surface area contributed by atoms with Gasteiger partial charge in [0, 0.05) is 0 Å². The van der Waals surface area contributed by atoms with Gasteiger partial charge < -0.3 is 0 Å². The summed E-state index contributed by atoms with van der Waals surface area (Å²) in [5.74, 6) is 0.899. The Balaban J connectivity index is 2.02. The quantitative estimate of drug-likeness (QED) is 0.514. The fourth-order valence-electron chi connectivity index (χ4n) is 1.45. The number of hydrogen-bond acceptors (Lipinski definition) is 0. The predicted octanol–water partition coefficient (Wildman–Crippen LogP) is 2.52. The molecule has 0 radical (unpaired) electrons. The molecule has 0 aliphatic carbocycles. The lowest BCUT2D eigenvalue weighted by Crippen LogP contribution is -2.30.